The van der Waals surface area contributed by atoms with Crippen LogP contribution >= 0.6 is 11.3 Å². The van der Waals surface area contributed by atoms with Crippen molar-refractivity contribution in [2.24, 2.45) is 5.73 Å². The first-order valence-corrected chi connectivity index (χ1v) is 8.18. The van der Waals surface area contributed by atoms with Gasteiger partial charge in [0.05, 0.1) is 16.2 Å². The van der Waals surface area contributed by atoms with Crippen LogP contribution in [0.4, 0.5) is 0 Å². The molecule has 0 atom stereocenters. The van der Waals surface area contributed by atoms with E-state index < -0.39 is 5.54 Å². The van der Waals surface area contributed by atoms with Crippen molar-refractivity contribution < 1.29 is 4.52 Å². The molecule has 6 heteroatoms. The van der Waals surface area contributed by atoms with Crippen molar-refractivity contribution in [1.82, 2.24) is 15.1 Å². The molecule has 0 radical (unpaired) electrons. The van der Waals surface area contributed by atoms with Gasteiger partial charge in [-0.3, -0.25) is 0 Å². The Morgan fingerprint density at radius 2 is 2.05 bits per heavy atom. The van der Waals surface area contributed by atoms with Crippen molar-refractivity contribution in [3.63, 3.8) is 0 Å². The van der Waals surface area contributed by atoms with Gasteiger partial charge in [-0.2, -0.15) is 4.98 Å². The highest BCUT2D eigenvalue weighted by atomic mass is 32.1. The third kappa shape index (κ3) is 2.24. The fourth-order valence-corrected chi connectivity index (χ4v) is 3.25. The molecule has 4 rings (SSSR count). The molecule has 0 bridgehead atoms. The summed E-state index contributed by atoms with van der Waals surface area (Å²) in [5.74, 6) is 1.13. The molecule has 5 nitrogen and oxygen atoms in total. The van der Waals surface area contributed by atoms with Crippen LogP contribution in [-0.4, -0.2) is 15.1 Å². The van der Waals surface area contributed by atoms with Gasteiger partial charge < -0.3 is 10.3 Å². The van der Waals surface area contributed by atoms with Crippen LogP contribution in [0.15, 0.2) is 34.2 Å². The van der Waals surface area contributed by atoms with Gasteiger partial charge >= 0.3 is 0 Å². The minimum absolute atomic E-state index is 0.397. The summed E-state index contributed by atoms with van der Waals surface area (Å²) in [5.41, 5.74) is 8.76. The first kappa shape index (κ1) is 13.6. The van der Waals surface area contributed by atoms with Gasteiger partial charge in [-0.15, -0.1) is 11.3 Å². The van der Waals surface area contributed by atoms with Crippen LogP contribution in [0.1, 0.15) is 30.1 Å². The van der Waals surface area contributed by atoms with E-state index in [1.807, 2.05) is 31.2 Å². The first-order valence-electron chi connectivity index (χ1n) is 7.30. The summed E-state index contributed by atoms with van der Waals surface area (Å²) in [4.78, 5) is 9.01. The van der Waals surface area contributed by atoms with Crippen LogP contribution in [0.3, 0.4) is 0 Å². The Morgan fingerprint density at radius 3 is 2.73 bits per heavy atom. The average Bonchev–Trinajstić information content (AvgIpc) is 3.14. The zero-order valence-electron chi connectivity index (χ0n) is 12.2. The lowest BCUT2D eigenvalue weighted by Crippen LogP contribution is -2.44. The van der Waals surface area contributed by atoms with Crippen LogP contribution in [0.5, 0.6) is 0 Å². The molecule has 1 aliphatic rings. The number of aryl methyl sites for hydroxylation is 1. The number of nitrogens with two attached hydrogens (primary N) is 1. The van der Waals surface area contributed by atoms with Crippen molar-refractivity contribution in [3.05, 3.63) is 40.5 Å². The van der Waals surface area contributed by atoms with Crippen molar-refractivity contribution >= 4 is 11.3 Å². The van der Waals surface area contributed by atoms with E-state index in [2.05, 4.69) is 20.5 Å². The van der Waals surface area contributed by atoms with Crippen LogP contribution in [-0.2, 0) is 5.54 Å². The lowest BCUT2D eigenvalue weighted by molar-refractivity contribution is 0.229. The summed E-state index contributed by atoms with van der Waals surface area (Å²) in [7, 11) is 0. The minimum Gasteiger partial charge on any atom is -0.334 e. The molecule has 0 amide bonds. The normalized spacial score (nSPS) is 16.5. The molecule has 2 N–H and O–H groups in total. The number of hydrogen-bond acceptors (Lipinski definition) is 6. The predicted molar refractivity (Wildman–Crippen MR) is 85.3 cm³/mol. The molecule has 1 aromatic carbocycles. The van der Waals surface area contributed by atoms with E-state index in [1.54, 1.807) is 11.3 Å². The standard InChI is InChI=1S/C16H16N4OS/c1-10-18-13(9-22-10)11-4-2-5-12(8-11)14-19-15(20-21-14)16(17)6-3-7-16/h2,4-5,8-9H,3,6-7,17H2,1H3. The summed E-state index contributed by atoms with van der Waals surface area (Å²) in [6, 6.07) is 8.00. The Kier molecular flexibility index (Phi) is 3.09. The average molecular weight is 312 g/mol. The van der Waals surface area contributed by atoms with E-state index in [1.165, 1.54) is 0 Å². The van der Waals surface area contributed by atoms with Gasteiger partial charge in [0, 0.05) is 16.5 Å². The summed E-state index contributed by atoms with van der Waals surface area (Å²) in [5, 5.41) is 7.17. The molecule has 3 aromatic rings. The van der Waals surface area contributed by atoms with Crippen molar-refractivity contribution in [1.29, 1.82) is 0 Å². The van der Waals surface area contributed by atoms with Crippen LogP contribution in [0.25, 0.3) is 22.7 Å². The molecule has 0 spiro atoms. The highest BCUT2D eigenvalue weighted by Crippen LogP contribution is 2.37. The Morgan fingerprint density at radius 1 is 1.23 bits per heavy atom. The van der Waals surface area contributed by atoms with Gasteiger partial charge in [0.25, 0.3) is 5.89 Å². The van der Waals surface area contributed by atoms with Crippen LogP contribution < -0.4 is 5.73 Å². The Labute approximate surface area is 132 Å². The highest BCUT2D eigenvalue weighted by Gasteiger charge is 2.39. The SMILES string of the molecule is Cc1nc(-c2cccc(-c3nc(C4(N)CCC4)no3)c2)cs1. The number of aromatic nitrogens is 3. The fraction of sp³-hybridized carbons (Fsp3) is 0.312. The van der Waals surface area contributed by atoms with E-state index in [4.69, 9.17) is 10.3 Å². The largest absolute Gasteiger partial charge is 0.334 e. The van der Waals surface area contributed by atoms with Gasteiger partial charge in [0.1, 0.15) is 0 Å². The molecule has 0 saturated heterocycles. The number of benzene rings is 1. The number of rotatable bonds is 3. The second-order valence-corrected chi connectivity index (χ2v) is 6.83. The van der Waals surface area contributed by atoms with Gasteiger partial charge in [0.15, 0.2) is 5.82 Å². The predicted octanol–water partition coefficient (Wildman–Crippen LogP) is 3.51. The van der Waals surface area contributed by atoms with Crippen molar-refractivity contribution in [3.8, 4) is 22.7 Å². The molecule has 2 heterocycles. The molecule has 112 valence electrons. The van der Waals surface area contributed by atoms with Crippen LogP contribution in [0, 0.1) is 6.92 Å². The van der Waals surface area contributed by atoms with Crippen molar-refractivity contribution in [2.45, 2.75) is 31.7 Å². The maximum atomic E-state index is 6.25. The van der Waals surface area contributed by atoms with E-state index in [0.717, 1.165) is 41.1 Å². The van der Waals surface area contributed by atoms with Gasteiger partial charge in [-0.05, 0) is 38.3 Å². The number of hydrogen-bond donors (Lipinski definition) is 1. The quantitative estimate of drug-likeness (QED) is 0.800. The monoisotopic (exact) mass is 312 g/mol. The summed E-state index contributed by atoms with van der Waals surface area (Å²) >= 11 is 1.64. The fourth-order valence-electron chi connectivity index (χ4n) is 2.63. The molecular weight excluding hydrogens is 296 g/mol. The minimum atomic E-state index is -0.397. The molecule has 0 aliphatic heterocycles. The summed E-state index contributed by atoms with van der Waals surface area (Å²) < 4.78 is 5.41. The summed E-state index contributed by atoms with van der Waals surface area (Å²) in [6.07, 6.45) is 2.97. The zero-order chi connectivity index (χ0) is 15.2. The van der Waals surface area contributed by atoms with Crippen LogP contribution in [0.2, 0.25) is 0 Å². The molecule has 0 unspecified atom stereocenters. The maximum absolute atomic E-state index is 6.25. The first-order chi connectivity index (χ1) is 10.6. The Bertz CT molecular complexity index is 819. The Hall–Kier alpha value is -2.05. The zero-order valence-corrected chi connectivity index (χ0v) is 13.1. The highest BCUT2D eigenvalue weighted by molar-refractivity contribution is 7.09. The molecule has 1 fully saturated rings. The topological polar surface area (TPSA) is 77.8 Å². The van der Waals surface area contributed by atoms with E-state index in [9.17, 15) is 0 Å². The van der Waals surface area contributed by atoms with E-state index in [0.29, 0.717) is 11.7 Å². The van der Waals surface area contributed by atoms with E-state index in [-0.39, 0.29) is 0 Å². The number of thiazole rings is 1. The molecule has 2 aromatic heterocycles. The molecular formula is C16H16N4OS. The molecule has 22 heavy (non-hydrogen) atoms. The number of nitrogens with zero attached hydrogens (tertiary/aromatic N) is 3. The maximum Gasteiger partial charge on any atom is 0.258 e. The van der Waals surface area contributed by atoms with E-state index >= 15 is 0 Å². The lowest BCUT2D eigenvalue weighted by Gasteiger charge is -2.34. The van der Waals surface area contributed by atoms with Gasteiger partial charge in [-0.1, -0.05) is 17.3 Å². The van der Waals surface area contributed by atoms with Crippen molar-refractivity contribution in [2.75, 3.05) is 0 Å². The third-order valence-electron chi connectivity index (χ3n) is 4.14. The summed E-state index contributed by atoms with van der Waals surface area (Å²) in [6.45, 7) is 2.00. The lowest BCUT2D eigenvalue weighted by atomic mass is 9.77. The Balaban J connectivity index is 1.68. The smallest absolute Gasteiger partial charge is 0.258 e. The second kappa shape index (κ2) is 5.00. The second-order valence-electron chi connectivity index (χ2n) is 5.77. The van der Waals surface area contributed by atoms with Gasteiger partial charge in [-0.25, -0.2) is 4.98 Å². The van der Waals surface area contributed by atoms with Gasteiger partial charge in [0.2, 0.25) is 0 Å². The molecule has 1 aliphatic carbocycles. The third-order valence-corrected chi connectivity index (χ3v) is 4.91. The molecule has 1 saturated carbocycles.